The number of rotatable bonds is 4. The molecule has 0 spiro atoms. The summed E-state index contributed by atoms with van der Waals surface area (Å²) < 4.78 is 25.0. The van der Waals surface area contributed by atoms with E-state index in [4.69, 9.17) is 0 Å². The number of hydrogen-bond acceptors (Lipinski definition) is 9. The van der Waals surface area contributed by atoms with E-state index in [1.165, 1.54) is 12.4 Å². The topological polar surface area (TPSA) is 110 Å². The first-order valence-corrected chi connectivity index (χ1v) is 11.3. The third-order valence-electron chi connectivity index (χ3n) is 4.70. The van der Waals surface area contributed by atoms with Crippen LogP contribution in [0.2, 0.25) is 0 Å². The average molecular weight is 419 g/mol. The lowest BCUT2D eigenvalue weighted by molar-refractivity contribution is -0.387. The van der Waals surface area contributed by atoms with Crippen molar-refractivity contribution < 1.29 is 13.3 Å². The molecule has 4 rings (SSSR count). The number of anilines is 2. The largest absolute Gasteiger partial charge is 0.362 e. The van der Waals surface area contributed by atoms with Crippen LogP contribution in [0.4, 0.5) is 17.2 Å². The van der Waals surface area contributed by atoms with Crippen LogP contribution in [0, 0.1) is 10.1 Å². The van der Waals surface area contributed by atoms with Crippen LogP contribution in [0.5, 0.6) is 0 Å². The van der Waals surface area contributed by atoms with Gasteiger partial charge in [-0.1, -0.05) is 6.07 Å². The summed E-state index contributed by atoms with van der Waals surface area (Å²) in [6.45, 7) is 2.27. The first-order chi connectivity index (χ1) is 13.4. The Morgan fingerprint density at radius 3 is 2.50 bits per heavy atom. The van der Waals surface area contributed by atoms with Gasteiger partial charge in [-0.25, -0.2) is 18.4 Å². The minimum Gasteiger partial charge on any atom is -0.362 e. The smallest absolute Gasteiger partial charge is 0.311 e. The summed E-state index contributed by atoms with van der Waals surface area (Å²) in [5.74, 6) is 0.860. The van der Waals surface area contributed by atoms with Gasteiger partial charge in [-0.2, -0.15) is 0 Å². The second-order valence-electron chi connectivity index (χ2n) is 6.46. The molecule has 146 valence electrons. The van der Waals surface area contributed by atoms with E-state index in [1.807, 2.05) is 16.3 Å². The first-order valence-electron chi connectivity index (χ1n) is 8.52. The first kappa shape index (κ1) is 18.6. The fraction of sp³-hybridized carbons (Fsp3) is 0.294. The Kier molecular flexibility index (Phi) is 4.63. The molecule has 28 heavy (non-hydrogen) atoms. The van der Waals surface area contributed by atoms with Gasteiger partial charge in [0.05, 0.1) is 15.1 Å². The molecule has 3 aromatic rings. The molecule has 11 heteroatoms. The molecule has 0 unspecified atom stereocenters. The van der Waals surface area contributed by atoms with Gasteiger partial charge >= 0.3 is 5.69 Å². The third-order valence-corrected chi connectivity index (χ3v) is 6.73. The molecule has 1 saturated heterocycles. The van der Waals surface area contributed by atoms with Crippen molar-refractivity contribution in [3.8, 4) is 0 Å². The van der Waals surface area contributed by atoms with Crippen LogP contribution in [-0.2, 0) is 9.84 Å². The second-order valence-corrected chi connectivity index (χ2v) is 9.36. The molecule has 0 amide bonds. The van der Waals surface area contributed by atoms with Gasteiger partial charge in [0.2, 0.25) is 0 Å². The van der Waals surface area contributed by atoms with Crippen molar-refractivity contribution in [2.75, 3.05) is 42.2 Å². The van der Waals surface area contributed by atoms with Crippen LogP contribution in [-0.4, -0.2) is 55.7 Å². The van der Waals surface area contributed by atoms with Crippen molar-refractivity contribution in [3.63, 3.8) is 0 Å². The molecule has 9 nitrogen and oxygen atoms in total. The van der Waals surface area contributed by atoms with Crippen LogP contribution in [0.25, 0.3) is 10.2 Å². The maximum absolute atomic E-state index is 12.0. The van der Waals surface area contributed by atoms with E-state index in [2.05, 4.69) is 14.9 Å². The number of thiophene rings is 1. The number of nitro groups is 1. The van der Waals surface area contributed by atoms with Crippen molar-refractivity contribution in [2.45, 2.75) is 4.90 Å². The number of piperazine rings is 1. The van der Waals surface area contributed by atoms with Gasteiger partial charge in [0, 0.05) is 32.4 Å². The van der Waals surface area contributed by atoms with Gasteiger partial charge in [-0.05, 0) is 23.6 Å². The molecule has 1 fully saturated rings. The van der Waals surface area contributed by atoms with E-state index >= 15 is 0 Å². The summed E-state index contributed by atoms with van der Waals surface area (Å²) in [7, 11) is -3.71. The molecule has 3 heterocycles. The zero-order chi connectivity index (χ0) is 19.9. The Bertz CT molecular complexity index is 1150. The summed E-state index contributed by atoms with van der Waals surface area (Å²) in [5, 5.41) is 13.6. The molecule has 1 aliphatic rings. The van der Waals surface area contributed by atoms with Crippen LogP contribution in [0.15, 0.2) is 40.9 Å². The van der Waals surface area contributed by atoms with Crippen molar-refractivity contribution >= 4 is 48.6 Å². The van der Waals surface area contributed by atoms with E-state index < -0.39 is 14.8 Å². The van der Waals surface area contributed by atoms with E-state index in [1.54, 1.807) is 23.5 Å². The molecule has 0 N–H and O–H groups in total. The SMILES string of the molecule is CS(=O)(=O)c1cccc(N2CCN(c3ncnc4ccsc34)CC2)c1[N+](=O)[O-]. The quantitative estimate of drug-likeness (QED) is 0.468. The van der Waals surface area contributed by atoms with E-state index in [9.17, 15) is 18.5 Å². The second kappa shape index (κ2) is 6.99. The number of aromatic nitrogens is 2. The Balaban J connectivity index is 1.63. The minimum absolute atomic E-state index is 0.256. The molecule has 2 aromatic heterocycles. The van der Waals surface area contributed by atoms with Crippen molar-refractivity contribution in [1.29, 1.82) is 0 Å². The zero-order valence-electron chi connectivity index (χ0n) is 15.0. The van der Waals surface area contributed by atoms with Gasteiger partial charge in [-0.3, -0.25) is 10.1 Å². The Hall–Kier alpha value is -2.79. The monoisotopic (exact) mass is 419 g/mol. The number of fused-ring (bicyclic) bond motifs is 1. The van der Waals surface area contributed by atoms with Crippen LogP contribution >= 0.6 is 11.3 Å². The fourth-order valence-corrected chi connectivity index (χ4v) is 5.13. The standard InChI is InChI=1S/C17H17N5O4S2/c1-28(25,26)14-4-2-3-13(15(14)22(23)24)20-6-8-21(9-7-20)17-16-12(5-10-27-16)18-11-19-17/h2-5,10-11H,6-9H2,1H3. The molecule has 0 saturated carbocycles. The number of hydrogen-bond donors (Lipinski definition) is 0. The summed E-state index contributed by atoms with van der Waals surface area (Å²) in [6.07, 6.45) is 2.52. The number of benzene rings is 1. The highest BCUT2D eigenvalue weighted by Gasteiger charge is 2.30. The maximum Gasteiger partial charge on any atom is 0.311 e. The zero-order valence-corrected chi connectivity index (χ0v) is 16.6. The van der Waals surface area contributed by atoms with Gasteiger partial charge in [-0.15, -0.1) is 11.3 Å². The predicted octanol–water partition coefficient (Wildman–Crippen LogP) is 2.33. The van der Waals surface area contributed by atoms with Crippen LogP contribution in [0.3, 0.4) is 0 Å². The fourth-order valence-electron chi connectivity index (χ4n) is 3.41. The Morgan fingerprint density at radius 1 is 1.11 bits per heavy atom. The summed E-state index contributed by atoms with van der Waals surface area (Å²) in [6, 6.07) is 6.37. The normalized spacial score (nSPS) is 15.2. The molecular formula is C17H17N5O4S2. The highest BCUT2D eigenvalue weighted by atomic mass is 32.2. The van der Waals surface area contributed by atoms with Crippen molar-refractivity contribution in [1.82, 2.24) is 9.97 Å². The summed E-state index contributed by atoms with van der Waals surface area (Å²) in [5.41, 5.74) is 0.867. The molecule has 1 aliphatic heterocycles. The lowest BCUT2D eigenvalue weighted by Crippen LogP contribution is -2.47. The molecule has 1 aromatic carbocycles. The number of nitro benzene ring substituents is 1. The lowest BCUT2D eigenvalue weighted by Gasteiger charge is -2.36. The lowest BCUT2D eigenvalue weighted by atomic mass is 10.2. The van der Waals surface area contributed by atoms with E-state index in [0.29, 0.717) is 31.9 Å². The molecular weight excluding hydrogens is 402 g/mol. The number of nitrogens with zero attached hydrogens (tertiary/aromatic N) is 5. The molecule has 0 atom stereocenters. The molecule has 0 bridgehead atoms. The van der Waals surface area contributed by atoms with Crippen LogP contribution in [0.1, 0.15) is 0 Å². The maximum atomic E-state index is 12.0. The van der Waals surface area contributed by atoms with E-state index in [0.717, 1.165) is 22.3 Å². The van der Waals surface area contributed by atoms with E-state index in [-0.39, 0.29) is 10.6 Å². The highest BCUT2D eigenvalue weighted by Crippen LogP contribution is 2.36. The predicted molar refractivity (Wildman–Crippen MR) is 108 cm³/mol. The highest BCUT2D eigenvalue weighted by molar-refractivity contribution is 7.90. The summed E-state index contributed by atoms with van der Waals surface area (Å²) >= 11 is 1.58. The third kappa shape index (κ3) is 3.27. The number of para-hydroxylation sites is 1. The Labute approximate surface area is 165 Å². The Morgan fingerprint density at radius 2 is 1.82 bits per heavy atom. The van der Waals surface area contributed by atoms with Gasteiger partial charge in [0.1, 0.15) is 22.7 Å². The summed E-state index contributed by atoms with van der Waals surface area (Å²) in [4.78, 5) is 23.4. The molecule has 0 radical (unpaired) electrons. The average Bonchev–Trinajstić information content (AvgIpc) is 3.15. The van der Waals surface area contributed by atoms with Crippen molar-refractivity contribution in [3.05, 3.63) is 46.1 Å². The van der Waals surface area contributed by atoms with Gasteiger partial charge in [0.25, 0.3) is 0 Å². The van der Waals surface area contributed by atoms with Crippen molar-refractivity contribution in [2.24, 2.45) is 0 Å². The van der Waals surface area contributed by atoms with Gasteiger partial charge in [0.15, 0.2) is 9.84 Å². The van der Waals surface area contributed by atoms with Gasteiger partial charge < -0.3 is 9.80 Å². The minimum atomic E-state index is -3.71. The van der Waals surface area contributed by atoms with Crippen LogP contribution < -0.4 is 9.80 Å². The number of sulfone groups is 1. The molecule has 0 aliphatic carbocycles.